The molecule has 0 saturated carbocycles. The minimum Gasteiger partial charge on any atom is -0.494 e. The van der Waals surface area contributed by atoms with E-state index in [0.29, 0.717) is 36.9 Å². The summed E-state index contributed by atoms with van der Waals surface area (Å²) in [6, 6.07) is 13.5. The third kappa shape index (κ3) is 11.5. The average Bonchev–Trinajstić information content (AvgIpc) is 2.90. The maximum absolute atomic E-state index is 12.4. The molecule has 8 heteroatoms. The summed E-state index contributed by atoms with van der Waals surface area (Å²) >= 11 is 0. The van der Waals surface area contributed by atoms with Gasteiger partial charge in [-0.05, 0) is 80.6 Å². The maximum Gasteiger partial charge on any atom is 0.343 e. The van der Waals surface area contributed by atoms with Gasteiger partial charge >= 0.3 is 17.9 Å². The summed E-state index contributed by atoms with van der Waals surface area (Å²) < 4.78 is 25.8. The van der Waals surface area contributed by atoms with Crippen molar-refractivity contribution < 1.29 is 38.1 Å². The normalized spacial score (nSPS) is 10.6. The Morgan fingerprint density at radius 1 is 0.806 bits per heavy atom. The standard InChI is InChI=1S/C28H32O8/c1-3-26(29)34-20-8-6-5-7-19-33-24-16-12-23(13-17-24)28(31)36-25-14-9-22(10-15-25)11-18-27(30)35-21-32-4-2/h3,9-18H,1,4-8,19-21H2,2H3. The predicted molar refractivity (Wildman–Crippen MR) is 135 cm³/mol. The Morgan fingerprint density at radius 2 is 1.47 bits per heavy atom. The van der Waals surface area contributed by atoms with Gasteiger partial charge in [0.1, 0.15) is 11.5 Å². The molecule has 0 saturated heterocycles. The molecule has 0 aliphatic rings. The van der Waals surface area contributed by atoms with Crippen molar-refractivity contribution in [3.05, 3.63) is 78.4 Å². The van der Waals surface area contributed by atoms with E-state index in [0.717, 1.165) is 37.3 Å². The van der Waals surface area contributed by atoms with Crippen molar-refractivity contribution in [3.63, 3.8) is 0 Å². The van der Waals surface area contributed by atoms with Gasteiger partial charge in [0.05, 0.1) is 18.8 Å². The Kier molecular flexibility index (Phi) is 13.1. The van der Waals surface area contributed by atoms with Gasteiger partial charge in [-0.1, -0.05) is 18.7 Å². The molecule has 0 fully saturated rings. The Morgan fingerprint density at radius 3 is 2.14 bits per heavy atom. The molecule has 0 radical (unpaired) electrons. The van der Waals surface area contributed by atoms with Crippen LogP contribution in [-0.4, -0.2) is 44.5 Å². The van der Waals surface area contributed by atoms with Crippen molar-refractivity contribution in [1.29, 1.82) is 0 Å². The van der Waals surface area contributed by atoms with E-state index in [1.165, 1.54) is 6.08 Å². The zero-order chi connectivity index (χ0) is 26.0. The number of ether oxygens (including phenoxy) is 5. The molecule has 2 rings (SSSR count). The van der Waals surface area contributed by atoms with E-state index in [1.54, 1.807) is 54.6 Å². The lowest BCUT2D eigenvalue weighted by atomic mass is 10.2. The number of rotatable bonds is 16. The molecule has 0 aliphatic carbocycles. The van der Waals surface area contributed by atoms with Gasteiger partial charge < -0.3 is 23.7 Å². The van der Waals surface area contributed by atoms with E-state index in [2.05, 4.69) is 6.58 Å². The number of hydrogen-bond donors (Lipinski definition) is 0. The fraction of sp³-hybridized carbons (Fsp3) is 0.321. The van der Waals surface area contributed by atoms with Crippen LogP contribution in [0.2, 0.25) is 0 Å². The van der Waals surface area contributed by atoms with Crippen LogP contribution in [0.1, 0.15) is 48.5 Å². The van der Waals surface area contributed by atoms with E-state index < -0.39 is 17.9 Å². The largest absolute Gasteiger partial charge is 0.494 e. The number of carbonyl (C=O) groups excluding carboxylic acids is 3. The topological polar surface area (TPSA) is 97.4 Å². The molecule has 0 N–H and O–H groups in total. The van der Waals surface area contributed by atoms with Gasteiger partial charge in [-0.15, -0.1) is 0 Å². The van der Waals surface area contributed by atoms with Gasteiger partial charge in [0.15, 0.2) is 6.79 Å². The van der Waals surface area contributed by atoms with Gasteiger partial charge in [0.2, 0.25) is 0 Å². The molecule has 0 aliphatic heterocycles. The lowest BCUT2D eigenvalue weighted by Crippen LogP contribution is -2.08. The Bertz CT molecular complexity index is 993. The highest BCUT2D eigenvalue weighted by molar-refractivity contribution is 5.91. The Balaban J connectivity index is 1.69. The molecule has 36 heavy (non-hydrogen) atoms. The van der Waals surface area contributed by atoms with E-state index in [4.69, 9.17) is 23.7 Å². The number of carbonyl (C=O) groups is 3. The fourth-order valence-electron chi connectivity index (χ4n) is 2.88. The lowest BCUT2D eigenvalue weighted by molar-refractivity contribution is -0.149. The average molecular weight is 497 g/mol. The molecule has 192 valence electrons. The van der Waals surface area contributed by atoms with Crippen molar-refractivity contribution in [2.75, 3.05) is 26.6 Å². The minimum atomic E-state index is -0.505. The number of esters is 3. The zero-order valence-corrected chi connectivity index (χ0v) is 20.5. The fourth-order valence-corrected chi connectivity index (χ4v) is 2.88. The first kappa shape index (κ1) is 28.3. The number of hydrogen-bond acceptors (Lipinski definition) is 8. The van der Waals surface area contributed by atoms with Crippen LogP contribution in [0, 0.1) is 0 Å². The third-order valence-electron chi connectivity index (χ3n) is 4.80. The number of benzene rings is 2. The van der Waals surface area contributed by atoms with Gasteiger partial charge in [-0.3, -0.25) is 0 Å². The summed E-state index contributed by atoms with van der Waals surface area (Å²) in [5, 5.41) is 0. The summed E-state index contributed by atoms with van der Waals surface area (Å²) in [6.45, 7) is 6.50. The van der Waals surface area contributed by atoms with Crippen LogP contribution in [0.3, 0.4) is 0 Å². The Labute approximate surface area is 211 Å². The molecule has 0 heterocycles. The van der Waals surface area contributed by atoms with Crippen LogP contribution in [0.15, 0.2) is 67.3 Å². The smallest absolute Gasteiger partial charge is 0.343 e. The zero-order valence-electron chi connectivity index (χ0n) is 20.5. The molecule has 0 spiro atoms. The van der Waals surface area contributed by atoms with E-state index >= 15 is 0 Å². The first-order chi connectivity index (χ1) is 17.5. The highest BCUT2D eigenvalue weighted by Gasteiger charge is 2.09. The van der Waals surface area contributed by atoms with Gasteiger partial charge in [-0.25, -0.2) is 14.4 Å². The van der Waals surface area contributed by atoms with Gasteiger partial charge in [-0.2, -0.15) is 0 Å². The summed E-state index contributed by atoms with van der Waals surface area (Å²) in [6.07, 6.45) is 7.63. The molecule has 0 amide bonds. The van der Waals surface area contributed by atoms with Crippen LogP contribution in [-0.2, 0) is 23.8 Å². The Hall–Kier alpha value is -3.91. The minimum absolute atomic E-state index is 0.0837. The third-order valence-corrected chi connectivity index (χ3v) is 4.80. The van der Waals surface area contributed by atoms with Crippen LogP contribution < -0.4 is 9.47 Å². The van der Waals surface area contributed by atoms with E-state index in [9.17, 15) is 14.4 Å². The van der Waals surface area contributed by atoms with E-state index in [-0.39, 0.29) is 6.79 Å². The second-order valence-electron chi connectivity index (χ2n) is 7.52. The molecule has 0 bridgehead atoms. The first-order valence-corrected chi connectivity index (χ1v) is 11.8. The monoisotopic (exact) mass is 496 g/mol. The molecular formula is C28H32O8. The lowest BCUT2D eigenvalue weighted by Gasteiger charge is -2.08. The van der Waals surface area contributed by atoms with Crippen molar-refractivity contribution in [3.8, 4) is 11.5 Å². The molecule has 2 aromatic carbocycles. The van der Waals surface area contributed by atoms with Gasteiger partial charge in [0.25, 0.3) is 0 Å². The van der Waals surface area contributed by atoms with Crippen LogP contribution in [0.25, 0.3) is 6.08 Å². The molecule has 0 atom stereocenters. The quantitative estimate of drug-likeness (QED) is 0.104. The first-order valence-electron chi connectivity index (χ1n) is 11.8. The highest BCUT2D eigenvalue weighted by Crippen LogP contribution is 2.18. The van der Waals surface area contributed by atoms with Crippen molar-refractivity contribution >= 4 is 24.0 Å². The van der Waals surface area contributed by atoms with Crippen molar-refractivity contribution in [1.82, 2.24) is 0 Å². The molecule has 8 nitrogen and oxygen atoms in total. The predicted octanol–water partition coefficient (Wildman–Crippen LogP) is 5.12. The molecular weight excluding hydrogens is 464 g/mol. The summed E-state index contributed by atoms with van der Waals surface area (Å²) in [4.78, 5) is 34.9. The van der Waals surface area contributed by atoms with E-state index in [1.807, 2.05) is 6.92 Å². The molecule has 0 unspecified atom stereocenters. The van der Waals surface area contributed by atoms with Crippen LogP contribution in [0.5, 0.6) is 11.5 Å². The van der Waals surface area contributed by atoms with Crippen molar-refractivity contribution in [2.24, 2.45) is 0 Å². The maximum atomic E-state index is 12.4. The second kappa shape index (κ2) is 16.7. The molecule has 2 aromatic rings. The van der Waals surface area contributed by atoms with Crippen molar-refractivity contribution in [2.45, 2.75) is 32.6 Å². The SMILES string of the molecule is C=CC(=O)OCCCCCCOc1ccc(C(=O)Oc2ccc(C=CC(=O)OCOCC)cc2)cc1. The summed E-state index contributed by atoms with van der Waals surface area (Å²) in [5.41, 5.74) is 1.15. The molecule has 0 aromatic heterocycles. The highest BCUT2D eigenvalue weighted by atomic mass is 16.7. The summed E-state index contributed by atoms with van der Waals surface area (Å²) in [7, 11) is 0. The van der Waals surface area contributed by atoms with Gasteiger partial charge in [0, 0.05) is 18.8 Å². The van der Waals surface area contributed by atoms with Crippen LogP contribution >= 0.6 is 0 Å². The second-order valence-corrected chi connectivity index (χ2v) is 7.52. The van der Waals surface area contributed by atoms with Crippen LogP contribution in [0.4, 0.5) is 0 Å². The summed E-state index contributed by atoms with van der Waals surface area (Å²) in [5.74, 6) is -0.333. The number of unbranched alkanes of at least 4 members (excludes halogenated alkanes) is 3.